The van der Waals surface area contributed by atoms with Crippen molar-refractivity contribution in [2.24, 2.45) is 0 Å². The molecule has 1 fully saturated rings. The maximum absolute atomic E-state index is 13.1. The van der Waals surface area contributed by atoms with Crippen LogP contribution in [-0.2, 0) is 10.0 Å². The van der Waals surface area contributed by atoms with Crippen molar-refractivity contribution in [3.8, 4) is 5.75 Å². The average molecular weight is 345 g/mol. The molecule has 0 spiro atoms. The van der Waals surface area contributed by atoms with Gasteiger partial charge in [0.2, 0.25) is 10.0 Å². The van der Waals surface area contributed by atoms with E-state index in [1.54, 1.807) is 23.5 Å². The quantitative estimate of drug-likeness (QED) is 0.844. The largest absolute Gasteiger partial charge is 0.497 e. The van der Waals surface area contributed by atoms with Crippen LogP contribution < -0.4 is 4.74 Å². The highest BCUT2D eigenvalue weighted by atomic mass is 32.2. The van der Waals surface area contributed by atoms with E-state index in [1.165, 1.54) is 0 Å². The first-order valence-corrected chi connectivity index (χ1v) is 9.69. The summed E-state index contributed by atoms with van der Waals surface area (Å²) in [4.78, 5) is 0.369. The number of piperidine rings is 1. The molecule has 1 aliphatic heterocycles. The highest BCUT2D eigenvalue weighted by Gasteiger charge is 2.34. The van der Waals surface area contributed by atoms with E-state index in [2.05, 4.69) is 0 Å². The zero-order valence-electron chi connectivity index (χ0n) is 14.1. The molecule has 2 aromatic carbocycles. The Morgan fingerprint density at radius 3 is 2.29 bits per heavy atom. The molecule has 4 nitrogen and oxygen atoms in total. The van der Waals surface area contributed by atoms with Crippen LogP contribution in [-0.4, -0.2) is 26.4 Å². The van der Waals surface area contributed by atoms with Gasteiger partial charge in [0.15, 0.2) is 0 Å². The standard InChI is InChI=1S/C19H23NO3S/c1-15-6-12-18(13-7-15)24(21,22)20-14-4-3-5-19(20)16-8-10-17(23-2)11-9-16/h6-13,19H,3-5,14H2,1-2H3/t19-/m1/s1. The van der Waals surface area contributed by atoms with E-state index < -0.39 is 10.0 Å². The SMILES string of the molecule is COc1ccc([C@H]2CCCCN2S(=O)(=O)c2ccc(C)cc2)cc1. The maximum Gasteiger partial charge on any atom is 0.243 e. The molecule has 128 valence electrons. The number of methoxy groups -OCH3 is 1. The summed E-state index contributed by atoms with van der Waals surface area (Å²) in [5, 5.41) is 0. The van der Waals surface area contributed by atoms with Crippen LogP contribution in [0.2, 0.25) is 0 Å². The number of hydrogen-bond donors (Lipinski definition) is 0. The van der Waals surface area contributed by atoms with E-state index in [9.17, 15) is 8.42 Å². The van der Waals surface area contributed by atoms with Gasteiger partial charge in [0.25, 0.3) is 0 Å². The van der Waals surface area contributed by atoms with Crippen molar-refractivity contribution in [1.29, 1.82) is 0 Å². The minimum atomic E-state index is -3.49. The second kappa shape index (κ2) is 6.95. The summed E-state index contributed by atoms with van der Waals surface area (Å²) >= 11 is 0. The highest BCUT2D eigenvalue weighted by molar-refractivity contribution is 7.89. The molecule has 0 N–H and O–H groups in total. The van der Waals surface area contributed by atoms with E-state index in [0.717, 1.165) is 36.1 Å². The summed E-state index contributed by atoms with van der Waals surface area (Å²) in [6, 6.07) is 14.7. The predicted molar refractivity (Wildman–Crippen MR) is 94.7 cm³/mol. The molecule has 1 saturated heterocycles. The third-order valence-electron chi connectivity index (χ3n) is 4.58. The molecule has 24 heavy (non-hydrogen) atoms. The van der Waals surface area contributed by atoms with Gasteiger partial charge in [-0.05, 0) is 49.6 Å². The van der Waals surface area contributed by atoms with Gasteiger partial charge in [-0.2, -0.15) is 4.31 Å². The number of hydrogen-bond acceptors (Lipinski definition) is 3. The van der Waals surface area contributed by atoms with Crippen molar-refractivity contribution < 1.29 is 13.2 Å². The van der Waals surface area contributed by atoms with Crippen LogP contribution in [0.1, 0.15) is 36.4 Å². The second-order valence-electron chi connectivity index (χ2n) is 6.21. The molecule has 5 heteroatoms. The fraction of sp³-hybridized carbons (Fsp3) is 0.368. The number of benzene rings is 2. The minimum absolute atomic E-state index is 0.115. The lowest BCUT2D eigenvalue weighted by Gasteiger charge is -2.35. The summed E-state index contributed by atoms with van der Waals surface area (Å²) < 4.78 is 33.1. The van der Waals surface area contributed by atoms with Crippen LogP contribution in [0.25, 0.3) is 0 Å². The Balaban J connectivity index is 1.95. The Morgan fingerprint density at radius 2 is 1.67 bits per heavy atom. The summed E-state index contributed by atoms with van der Waals surface area (Å²) in [5.41, 5.74) is 2.07. The number of rotatable bonds is 4. The van der Waals surface area contributed by atoms with Crippen molar-refractivity contribution in [3.05, 3.63) is 59.7 Å². The summed E-state index contributed by atoms with van der Waals surface area (Å²) in [7, 11) is -1.86. The molecule has 0 unspecified atom stereocenters. The molecule has 0 saturated carbocycles. The Bertz CT molecular complexity index is 782. The molecule has 0 aliphatic carbocycles. The lowest BCUT2D eigenvalue weighted by molar-refractivity contribution is 0.256. The Morgan fingerprint density at radius 1 is 1.00 bits per heavy atom. The van der Waals surface area contributed by atoms with Crippen LogP contribution >= 0.6 is 0 Å². The van der Waals surface area contributed by atoms with E-state index in [0.29, 0.717) is 11.4 Å². The van der Waals surface area contributed by atoms with Gasteiger partial charge >= 0.3 is 0 Å². The van der Waals surface area contributed by atoms with Crippen molar-refractivity contribution >= 4 is 10.0 Å². The smallest absolute Gasteiger partial charge is 0.243 e. The first-order chi connectivity index (χ1) is 11.5. The molecular formula is C19H23NO3S. The summed E-state index contributed by atoms with van der Waals surface area (Å²) in [5.74, 6) is 0.780. The highest BCUT2D eigenvalue weighted by Crippen LogP contribution is 2.36. The number of sulfonamides is 1. The lowest BCUT2D eigenvalue weighted by Crippen LogP contribution is -2.38. The van der Waals surface area contributed by atoms with Gasteiger partial charge in [-0.15, -0.1) is 0 Å². The van der Waals surface area contributed by atoms with Crippen molar-refractivity contribution in [2.75, 3.05) is 13.7 Å². The van der Waals surface area contributed by atoms with Crippen LogP contribution in [0.4, 0.5) is 0 Å². The first kappa shape index (κ1) is 17.0. The topological polar surface area (TPSA) is 46.6 Å². The predicted octanol–water partition coefficient (Wildman–Crippen LogP) is 3.92. The Kier molecular flexibility index (Phi) is 4.92. The molecule has 1 aliphatic rings. The van der Waals surface area contributed by atoms with Gasteiger partial charge in [-0.1, -0.05) is 36.2 Å². The van der Waals surface area contributed by atoms with E-state index in [1.807, 2.05) is 43.3 Å². The summed E-state index contributed by atoms with van der Waals surface area (Å²) in [6.45, 7) is 2.52. The number of nitrogens with zero attached hydrogens (tertiary/aromatic N) is 1. The molecule has 3 rings (SSSR count). The monoisotopic (exact) mass is 345 g/mol. The van der Waals surface area contributed by atoms with Gasteiger partial charge in [-0.3, -0.25) is 0 Å². The lowest BCUT2D eigenvalue weighted by atomic mass is 9.97. The third-order valence-corrected chi connectivity index (χ3v) is 6.50. The molecule has 2 aromatic rings. The van der Waals surface area contributed by atoms with E-state index in [4.69, 9.17) is 4.74 Å². The first-order valence-electron chi connectivity index (χ1n) is 8.25. The average Bonchev–Trinajstić information content (AvgIpc) is 2.62. The molecule has 1 heterocycles. The van der Waals surface area contributed by atoms with Crippen molar-refractivity contribution in [3.63, 3.8) is 0 Å². The molecule has 0 bridgehead atoms. The fourth-order valence-corrected chi connectivity index (χ4v) is 4.88. The molecule has 0 aromatic heterocycles. The second-order valence-corrected chi connectivity index (χ2v) is 8.10. The summed E-state index contributed by atoms with van der Waals surface area (Å²) in [6.07, 6.45) is 2.78. The maximum atomic E-state index is 13.1. The molecule has 0 radical (unpaired) electrons. The van der Waals surface area contributed by atoms with Gasteiger partial charge in [-0.25, -0.2) is 8.42 Å². The van der Waals surface area contributed by atoms with Crippen LogP contribution in [0, 0.1) is 6.92 Å². The molecule has 0 amide bonds. The van der Waals surface area contributed by atoms with Gasteiger partial charge in [0, 0.05) is 6.54 Å². The molecular weight excluding hydrogens is 322 g/mol. The zero-order chi connectivity index (χ0) is 17.2. The third kappa shape index (κ3) is 3.32. The normalized spacial score (nSPS) is 19.2. The van der Waals surface area contributed by atoms with Crippen LogP contribution in [0.15, 0.2) is 53.4 Å². The minimum Gasteiger partial charge on any atom is -0.497 e. The van der Waals surface area contributed by atoms with Crippen molar-refractivity contribution in [2.45, 2.75) is 37.1 Å². The van der Waals surface area contributed by atoms with Gasteiger partial charge < -0.3 is 4.74 Å². The molecule has 1 atom stereocenters. The van der Waals surface area contributed by atoms with Crippen LogP contribution in [0.5, 0.6) is 5.75 Å². The fourth-order valence-electron chi connectivity index (χ4n) is 3.20. The zero-order valence-corrected chi connectivity index (χ0v) is 14.9. The van der Waals surface area contributed by atoms with Crippen molar-refractivity contribution in [1.82, 2.24) is 4.31 Å². The van der Waals surface area contributed by atoms with E-state index >= 15 is 0 Å². The Labute approximate surface area is 144 Å². The van der Waals surface area contributed by atoms with Crippen LogP contribution in [0.3, 0.4) is 0 Å². The van der Waals surface area contributed by atoms with Gasteiger partial charge in [0.05, 0.1) is 18.0 Å². The number of ether oxygens (including phenoxy) is 1. The van der Waals surface area contributed by atoms with Gasteiger partial charge in [0.1, 0.15) is 5.75 Å². The number of aryl methyl sites for hydroxylation is 1. The Hall–Kier alpha value is -1.85. The van der Waals surface area contributed by atoms with E-state index in [-0.39, 0.29) is 6.04 Å².